The van der Waals surface area contributed by atoms with E-state index in [1.807, 2.05) is 0 Å². The van der Waals surface area contributed by atoms with Crippen molar-refractivity contribution in [2.24, 2.45) is 11.7 Å². The summed E-state index contributed by atoms with van der Waals surface area (Å²) in [6.07, 6.45) is 3.37. The maximum absolute atomic E-state index is 6.26. The molecule has 1 rings (SSSR count). The van der Waals surface area contributed by atoms with Crippen molar-refractivity contribution in [3.63, 3.8) is 0 Å². The van der Waals surface area contributed by atoms with Gasteiger partial charge in [0, 0.05) is 6.04 Å². The van der Waals surface area contributed by atoms with Gasteiger partial charge in [0.1, 0.15) is 0 Å². The van der Waals surface area contributed by atoms with Crippen molar-refractivity contribution < 1.29 is 0 Å². The van der Waals surface area contributed by atoms with E-state index in [9.17, 15) is 0 Å². The highest BCUT2D eigenvalue weighted by Crippen LogP contribution is 2.17. The third-order valence-electron chi connectivity index (χ3n) is 3.70. The summed E-state index contributed by atoms with van der Waals surface area (Å²) in [5.41, 5.74) is 10.4. The summed E-state index contributed by atoms with van der Waals surface area (Å²) >= 11 is 0. The molecule has 0 aliphatic carbocycles. The molecule has 1 atom stereocenters. The highest BCUT2D eigenvalue weighted by molar-refractivity contribution is 5.30. The molecule has 1 nitrogen and oxygen atoms in total. The molecular weight excluding hydrogens is 194 g/mol. The Balaban J connectivity index is 2.69. The van der Waals surface area contributed by atoms with Crippen LogP contribution in [0, 0.1) is 19.8 Å². The molecule has 0 heterocycles. The molecule has 2 N–H and O–H groups in total. The summed E-state index contributed by atoms with van der Waals surface area (Å²) in [4.78, 5) is 0. The van der Waals surface area contributed by atoms with E-state index in [4.69, 9.17) is 5.73 Å². The number of hydrogen-bond acceptors (Lipinski definition) is 1. The average Bonchev–Trinajstić information content (AvgIpc) is 2.25. The molecule has 0 saturated heterocycles. The van der Waals surface area contributed by atoms with E-state index in [1.165, 1.54) is 29.5 Å². The SMILES string of the molecule is CCC(CC)C(N)Cc1ccc(C)c(C)c1. The summed E-state index contributed by atoms with van der Waals surface area (Å²) in [5.74, 6) is 0.654. The lowest BCUT2D eigenvalue weighted by Gasteiger charge is -2.21. The Bertz CT molecular complexity index is 326. The quantitative estimate of drug-likeness (QED) is 0.804. The van der Waals surface area contributed by atoms with Crippen LogP contribution in [0.2, 0.25) is 0 Å². The van der Waals surface area contributed by atoms with Crippen LogP contribution in [0.15, 0.2) is 18.2 Å². The van der Waals surface area contributed by atoms with E-state index in [1.54, 1.807) is 0 Å². The van der Waals surface area contributed by atoms with Crippen LogP contribution < -0.4 is 5.73 Å². The van der Waals surface area contributed by atoms with E-state index < -0.39 is 0 Å². The van der Waals surface area contributed by atoms with Crippen LogP contribution >= 0.6 is 0 Å². The van der Waals surface area contributed by atoms with Gasteiger partial charge in [-0.15, -0.1) is 0 Å². The molecule has 1 aromatic rings. The standard InChI is InChI=1S/C15H25N/c1-5-14(6-2)15(16)10-13-8-7-11(3)12(4)9-13/h7-9,14-15H,5-6,10,16H2,1-4H3. The van der Waals surface area contributed by atoms with Crippen LogP contribution in [0.5, 0.6) is 0 Å². The van der Waals surface area contributed by atoms with Crippen molar-refractivity contribution in [3.8, 4) is 0 Å². The summed E-state index contributed by atoms with van der Waals surface area (Å²) < 4.78 is 0. The zero-order valence-electron chi connectivity index (χ0n) is 11.1. The van der Waals surface area contributed by atoms with E-state index in [0.717, 1.165) is 6.42 Å². The fourth-order valence-corrected chi connectivity index (χ4v) is 2.26. The first-order chi connectivity index (χ1) is 7.58. The smallest absolute Gasteiger partial charge is 0.0108 e. The van der Waals surface area contributed by atoms with Crippen molar-refractivity contribution >= 4 is 0 Å². The van der Waals surface area contributed by atoms with Gasteiger partial charge in [-0.2, -0.15) is 0 Å². The van der Waals surface area contributed by atoms with Crippen molar-refractivity contribution in [3.05, 3.63) is 34.9 Å². The molecule has 0 aliphatic heterocycles. The highest BCUT2D eigenvalue weighted by Gasteiger charge is 2.14. The zero-order chi connectivity index (χ0) is 12.1. The molecule has 90 valence electrons. The fraction of sp³-hybridized carbons (Fsp3) is 0.600. The molecule has 16 heavy (non-hydrogen) atoms. The zero-order valence-corrected chi connectivity index (χ0v) is 11.1. The van der Waals surface area contributed by atoms with Gasteiger partial charge in [-0.25, -0.2) is 0 Å². The lowest BCUT2D eigenvalue weighted by atomic mass is 9.89. The minimum absolute atomic E-state index is 0.303. The summed E-state index contributed by atoms with van der Waals surface area (Å²) in [6.45, 7) is 8.78. The topological polar surface area (TPSA) is 26.0 Å². The van der Waals surface area contributed by atoms with Crippen LogP contribution in [0.25, 0.3) is 0 Å². The predicted molar refractivity (Wildman–Crippen MR) is 71.7 cm³/mol. The lowest BCUT2D eigenvalue weighted by Crippen LogP contribution is -2.31. The van der Waals surface area contributed by atoms with E-state index >= 15 is 0 Å². The third kappa shape index (κ3) is 3.34. The largest absolute Gasteiger partial charge is 0.327 e. The molecule has 0 aliphatic rings. The normalized spacial score (nSPS) is 13.1. The van der Waals surface area contributed by atoms with Crippen molar-refractivity contribution in [1.82, 2.24) is 0 Å². The second kappa shape index (κ2) is 6.05. The number of benzene rings is 1. The van der Waals surface area contributed by atoms with E-state index in [0.29, 0.717) is 12.0 Å². The molecule has 1 unspecified atom stereocenters. The monoisotopic (exact) mass is 219 g/mol. The highest BCUT2D eigenvalue weighted by atomic mass is 14.6. The Hall–Kier alpha value is -0.820. The Morgan fingerprint density at radius 1 is 1.06 bits per heavy atom. The maximum atomic E-state index is 6.26. The third-order valence-corrected chi connectivity index (χ3v) is 3.70. The van der Waals surface area contributed by atoms with Gasteiger partial charge in [-0.3, -0.25) is 0 Å². The second-order valence-electron chi connectivity index (χ2n) is 4.86. The molecule has 0 bridgehead atoms. The molecule has 0 radical (unpaired) electrons. The van der Waals surface area contributed by atoms with Crippen molar-refractivity contribution in [1.29, 1.82) is 0 Å². The van der Waals surface area contributed by atoms with Crippen molar-refractivity contribution in [2.45, 2.75) is 53.0 Å². The van der Waals surface area contributed by atoms with Crippen molar-refractivity contribution in [2.75, 3.05) is 0 Å². The van der Waals surface area contributed by atoms with Crippen LogP contribution in [0.4, 0.5) is 0 Å². The maximum Gasteiger partial charge on any atom is 0.0108 e. The Labute approximate surface area is 100 Å². The van der Waals surface area contributed by atoms with Gasteiger partial charge >= 0.3 is 0 Å². The fourth-order valence-electron chi connectivity index (χ4n) is 2.26. The predicted octanol–water partition coefficient (Wildman–Crippen LogP) is 3.61. The first-order valence-corrected chi connectivity index (χ1v) is 6.40. The van der Waals surface area contributed by atoms with Crippen LogP contribution in [0.1, 0.15) is 43.4 Å². The first kappa shape index (κ1) is 13.2. The average molecular weight is 219 g/mol. The molecule has 0 spiro atoms. The number of hydrogen-bond donors (Lipinski definition) is 1. The molecule has 0 aromatic heterocycles. The Kier molecular flexibility index (Phi) is 5.01. The van der Waals surface area contributed by atoms with Gasteiger partial charge in [0.05, 0.1) is 0 Å². The molecular formula is C15H25N. The van der Waals surface area contributed by atoms with Gasteiger partial charge in [-0.05, 0) is 42.9 Å². The minimum atomic E-state index is 0.303. The van der Waals surface area contributed by atoms with Crippen LogP contribution in [-0.4, -0.2) is 6.04 Å². The van der Waals surface area contributed by atoms with Crippen LogP contribution in [-0.2, 0) is 6.42 Å². The molecule has 0 fully saturated rings. The summed E-state index contributed by atoms with van der Waals surface area (Å²) in [6, 6.07) is 6.99. The number of rotatable bonds is 5. The lowest BCUT2D eigenvalue weighted by molar-refractivity contribution is 0.393. The minimum Gasteiger partial charge on any atom is -0.327 e. The van der Waals surface area contributed by atoms with Gasteiger partial charge in [0.15, 0.2) is 0 Å². The van der Waals surface area contributed by atoms with Gasteiger partial charge in [0.25, 0.3) is 0 Å². The molecule has 1 heteroatoms. The van der Waals surface area contributed by atoms with Crippen LogP contribution in [0.3, 0.4) is 0 Å². The summed E-state index contributed by atoms with van der Waals surface area (Å²) in [7, 11) is 0. The molecule has 0 saturated carbocycles. The first-order valence-electron chi connectivity index (χ1n) is 6.40. The Morgan fingerprint density at radius 3 is 2.19 bits per heavy atom. The summed E-state index contributed by atoms with van der Waals surface area (Å²) in [5, 5.41) is 0. The molecule has 0 amide bonds. The number of nitrogens with two attached hydrogens (primary N) is 1. The van der Waals surface area contributed by atoms with Gasteiger partial charge < -0.3 is 5.73 Å². The molecule has 1 aromatic carbocycles. The van der Waals surface area contributed by atoms with E-state index in [-0.39, 0.29) is 0 Å². The second-order valence-corrected chi connectivity index (χ2v) is 4.86. The number of aryl methyl sites for hydroxylation is 2. The van der Waals surface area contributed by atoms with Gasteiger partial charge in [-0.1, -0.05) is 44.9 Å². The van der Waals surface area contributed by atoms with Gasteiger partial charge in [0.2, 0.25) is 0 Å². The Morgan fingerprint density at radius 2 is 1.69 bits per heavy atom. The van der Waals surface area contributed by atoms with E-state index in [2.05, 4.69) is 45.9 Å².